The van der Waals surface area contributed by atoms with Crippen molar-refractivity contribution in [1.82, 2.24) is 0 Å². The Hall–Kier alpha value is 1.51. The molecule has 3 atom stereocenters. The predicted molar refractivity (Wildman–Crippen MR) is 137 cm³/mol. The molecule has 14 heteroatoms. The molecule has 38 heavy (non-hydrogen) atoms. The van der Waals surface area contributed by atoms with E-state index in [4.69, 9.17) is 0 Å². The maximum atomic E-state index is 10.4. The Morgan fingerprint density at radius 3 is 0.737 bits per heavy atom. The molecule has 0 aromatic heterocycles. The number of hydrogen-bond donors (Lipinski definition) is 0. The molecule has 9 nitrogen and oxygen atoms in total. The SMILES string of the molecule is CCCCC(CC)CP(=O)([O-])[O-].CCCCC(CC)CP(=O)([O-])[O-].CCCCC(CC)CP(=O)([O-])[O-].[Cr+3].[Cr+3]. The van der Waals surface area contributed by atoms with Crippen molar-refractivity contribution >= 4 is 22.8 Å². The van der Waals surface area contributed by atoms with Crippen LogP contribution in [-0.4, -0.2) is 18.5 Å². The van der Waals surface area contributed by atoms with Crippen LogP contribution in [0.4, 0.5) is 0 Å². The normalized spacial score (nSPS) is 13.9. The van der Waals surface area contributed by atoms with Gasteiger partial charge in [0.1, 0.15) is 0 Å². The van der Waals surface area contributed by atoms with Gasteiger partial charge in [-0.1, -0.05) is 141 Å². The molecule has 0 rings (SSSR count). The maximum Gasteiger partial charge on any atom is 3.00 e. The number of hydrogen-bond acceptors (Lipinski definition) is 9. The zero-order valence-electron chi connectivity index (χ0n) is 24.2. The van der Waals surface area contributed by atoms with E-state index < -0.39 is 22.8 Å². The van der Waals surface area contributed by atoms with Crippen LogP contribution in [0, 0.1) is 17.8 Å². The molecule has 0 aliphatic rings. The van der Waals surface area contributed by atoms with Crippen molar-refractivity contribution in [3.05, 3.63) is 0 Å². The Labute approximate surface area is 254 Å². The summed E-state index contributed by atoms with van der Waals surface area (Å²) in [4.78, 5) is 62.6. The predicted octanol–water partition coefficient (Wildman–Crippen LogP) is 3.34. The molecule has 228 valence electrons. The molecular weight excluding hydrogens is 629 g/mol. The Bertz CT molecular complexity index is 554. The molecule has 0 aliphatic carbocycles. The van der Waals surface area contributed by atoms with Crippen LogP contribution in [0.2, 0.25) is 0 Å². The summed E-state index contributed by atoms with van der Waals surface area (Å²) >= 11 is 0. The molecule has 3 unspecified atom stereocenters. The number of rotatable bonds is 18. The Morgan fingerprint density at radius 1 is 0.447 bits per heavy atom. The summed E-state index contributed by atoms with van der Waals surface area (Å²) in [6, 6.07) is 0. The summed E-state index contributed by atoms with van der Waals surface area (Å²) in [5, 5.41) is 0. The van der Waals surface area contributed by atoms with Gasteiger partial charge in [0.05, 0.1) is 0 Å². The zero-order valence-corrected chi connectivity index (χ0v) is 29.4. The van der Waals surface area contributed by atoms with E-state index in [0.717, 1.165) is 77.0 Å². The van der Waals surface area contributed by atoms with Gasteiger partial charge in [-0.2, -0.15) is 0 Å². The molecule has 0 N–H and O–H groups in total. The van der Waals surface area contributed by atoms with Gasteiger partial charge in [0.25, 0.3) is 0 Å². The van der Waals surface area contributed by atoms with E-state index in [1.807, 2.05) is 20.8 Å². The minimum absolute atomic E-state index is 0. The van der Waals surface area contributed by atoms with E-state index >= 15 is 0 Å². The summed E-state index contributed by atoms with van der Waals surface area (Å²) in [5.74, 6) is 0.224. The van der Waals surface area contributed by atoms with Gasteiger partial charge in [0.15, 0.2) is 0 Å². The maximum absolute atomic E-state index is 10.4. The first kappa shape index (κ1) is 49.2. The van der Waals surface area contributed by atoms with Gasteiger partial charge in [-0.25, -0.2) is 0 Å². The van der Waals surface area contributed by atoms with Crippen LogP contribution in [0.1, 0.15) is 119 Å². The van der Waals surface area contributed by atoms with Crippen molar-refractivity contribution in [2.24, 2.45) is 17.8 Å². The second kappa shape index (κ2) is 28.6. The van der Waals surface area contributed by atoms with E-state index in [0.29, 0.717) is 0 Å². The van der Waals surface area contributed by atoms with Gasteiger partial charge in [-0.05, 0) is 36.2 Å². The topological polar surface area (TPSA) is 190 Å². The molecule has 0 aromatic rings. The van der Waals surface area contributed by atoms with Crippen LogP contribution in [0.3, 0.4) is 0 Å². The Kier molecular flexibility index (Phi) is 37.1. The fraction of sp³-hybridized carbons (Fsp3) is 1.00. The van der Waals surface area contributed by atoms with Crippen molar-refractivity contribution in [2.75, 3.05) is 18.5 Å². The molecular formula is C24H51Cr2O9P3. The summed E-state index contributed by atoms with van der Waals surface area (Å²) in [7, 11) is -12.8. The van der Waals surface area contributed by atoms with Crippen LogP contribution < -0.4 is 29.4 Å². The van der Waals surface area contributed by atoms with Crippen LogP contribution in [0.15, 0.2) is 0 Å². The second-order valence-corrected chi connectivity index (χ2v) is 14.4. The molecule has 0 bridgehead atoms. The Balaban J connectivity index is -0.000000140. The van der Waals surface area contributed by atoms with Crippen molar-refractivity contribution in [2.45, 2.75) is 119 Å². The van der Waals surface area contributed by atoms with Crippen molar-refractivity contribution < 1.29 is 77.8 Å². The Morgan fingerprint density at radius 2 is 0.632 bits per heavy atom. The average molecular weight is 681 g/mol. The fourth-order valence-corrected chi connectivity index (χ4v) is 6.92. The minimum Gasteiger partial charge on any atom is -0.811 e. The van der Waals surface area contributed by atoms with Gasteiger partial charge in [0, 0.05) is 0 Å². The summed E-state index contributed by atoms with van der Waals surface area (Å²) in [5.41, 5.74) is 0. The van der Waals surface area contributed by atoms with E-state index in [2.05, 4.69) is 20.8 Å². The molecule has 0 spiro atoms. The van der Waals surface area contributed by atoms with Crippen LogP contribution in [0.25, 0.3) is 0 Å². The third kappa shape index (κ3) is 42.0. The molecule has 2 radical (unpaired) electrons. The largest absolute Gasteiger partial charge is 3.00 e. The standard InChI is InChI=1S/3C8H19O3P.2Cr/c3*1-3-5-6-8(4-2)7-12(9,10)11;;/h3*8H,3-7H2,1-2H3,(H2,9,10,11);;/q;;;2*+3/p-6. The second-order valence-electron chi connectivity index (χ2n) is 9.63. The first-order valence-corrected chi connectivity index (χ1v) is 18.7. The molecule has 0 aliphatic heterocycles. The summed E-state index contributed by atoms with van der Waals surface area (Å²) < 4.78 is 31.3. The van der Waals surface area contributed by atoms with Crippen molar-refractivity contribution in [3.8, 4) is 0 Å². The molecule has 0 saturated heterocycles. The minimum atomic E-state index is -4.28. The third-order valence-corrected chi connectivity index (χ3v) is 8.97. The molecule has 0 aromatic carbocycles. The van der Waals surface area contributed by atoms with Crippen LogP contribution in [0.5, 0.6) is 0 Å². The first-order chi connectivity index (χ1) is 16.5. The molecule has 0 saturated carbocycles. The van der Waals surface area contributed by atoms with Gasteiger partial charge < -0.3 is 43.1 Å². The molecule has 0 amide bonds. The third-order valence-electron chi connectivity index (χ3n) is 6.08. The van der Waals surface area contributed by atoms with Crippen LogP contribution >= 0.6 is 22.8 Å². The smallest absolute Gasteiger partial charge is 0.811 e. The van der Waals surface area contributed by atoms with Crippen LogP contribution in [-0.2, 0) is 48.4 Å². The molecule has 0 fully saturated rings. The molecule has 0 heterocycles. The van der Waals surface area contributed by atoms with E-state index in [1.165, 1.54) is 0 Å². The summed E-state index contributed by atoms with van der Waals surface area (Å²) in [6.45, 7) is 11.9. The zero-order chi connectivity index (χ0) is 28.8. The average Bonchev–Trinajstić information content (AvgIpc) is 2.75. The van der Waals surface area contributed by atoms with Gasteiger partial charge in [0.2, 0.25) is 0 Å². The van der Waals surface area contributed by atoms with Crippen molar-refractivity contribution in [1.29, 1.82) is 0 Å². The van der Waals surface area contributed by atoms with Gasteiger partial charge >= 0.3 is 34.7 Å². The van der Waals surface area contributed by atoms with Crippen molar-refractivity contribution in [3.63, 3.8) is 0 Å². The van der Waals surface area contributed by atoms with Gasteiger partial charge in [-0.15, -0.1) is 0 Å². The van der Waals surface area contributed by atoms with E-state index in [1.54, 1.807) is 0 Å². The number of unbranched alkanes of at least 4 members (excludes halogenated alkanes) is 3. The summed E-state index contributed by atoms with van der Waals surface area (Å²) in [6.07, 6.45) is 10.7. The van der Waals surface area contributed by atoms with E-state index in [-0.39, 0.29) is 71.0 Å². The van der Waals surface area contributed by atoms with Gasteiger partial charge in [-0.3, -0.25) is 0 Å². The quantitative estimate of drug-likeness (QED) is 0.196. The first-order valence-electron chi connectivity index (χ1n) is 13.5. The fourth-order valence-electron chi connectivity index (χ4n) is 3.70. The monoisotopic (exact) mass is 680 g/mol. The van der Waals surface area contributed by atoms with E-state index in [9.17, 15) is 43.1 Å².